The van der Waals surface area contributed by atoms with Crippen LogP contribution in [0, 0.1) is 0 Å². The van der Waals surface area contributed by atoms with Crippen LogP contribution in [-0.4, -0.2) is 11.6 Å². The highest BCUT2D eigenvalue weighted by Crippen LogP contribution is 2.34. The highest BCUT2D eigenvalue weighted by atomic mass is 32.1. The van der Waals surface area contributed by atoms with Crippen molar-refractivity contribution in [2.45, 2.75) is 32.4 Å². The summed E-state index contributed by atoms with van der Waals surface area (Å²) >= 11 is 1.42. The number of aromatic nitrogens is 1. The molecule has 0 aliphatic rings. The maximum atomic E-state index is 12.4. The van der Waals surface area contributed by atoms with Gasteiger partial charge in [-0.25, -0.2) is 4.98 Å². The zero-order chi connectivity index (χ0) is 14.8. The van der Waals surface area contributed by atoms with E-state index in [1.165, 1.54) is 17.4 Å². The highest BCUT2D eigenvalue weighted by molar-refractivity contribution is 7.10. The quantitative estimate of drug-likeness (QED) is 0.907. The molecule has 2 N–H and O–H groups in total. The van der Waals surface area contributed by atoms with Crippen LogP contribution in [0.5, 0.6) is 5.75 Å². The molecule has 20 heavy (non-hydrogen) atoms. The number of rotatable bonds is 5. The largest absolute Gasteiger partial charge is 0.434 e. The minimum atomic E-state index is -2.86. The lowest BCUT2D eigenvalue weighted by atomic mass is 10.0. The van der Waals surface area contributed by atoms with Gasteiger partial charge in [0.25, 0.3) is 0 Å². The lowest BCUT2D eigenvalue weighted by Crippen LogP contribution is -2.31. The van der Waals surface area contributed by atoms with Crippen molar-refractivity contribution < 1.29 is 13.5 Å². The summed E-state index contributed by atoms with van der Waals surface area (Å²) in [6.45, 7) is 1.02. The van der Waals surface area contributed by atoms with Crippen LogP contribution in [0.15, 0.2) is 29.6 Å². The molecule has 1 aromatic heterocycles. The topological polar surface area (TPSA) is 48.1 Å². The number of para-hydroxylation sites is 1. The first-order valence-corrected chi connectivity index (χ1v) is 7.11. The minimum absolute atomic E-state index is 0.120. The molecule has 0 radical (unpaired) electrons. The van der Waals surface area contributed by atoms with E-state index in [1.807, 2.05) is 19.2 Å². The standard InChI is InChI=1S/C14H16F2N2OS/c1-3-14(2,17)12-18-10(8-20-12)9-6-4-5-7-11(9)19-13(15)16/h4-8,13H,3,17H2,1-2H3. The van der Waals surface area contributed by atoms with Crippen molar-refractivity contribution in [2.24, 2.45) is 5.73 Å². The third-order valence-corrected chi connectivity index (χ3v) is 4.23. The Balaban J connectivity index is 2.38. The maximum Gasteiger partial charge on any atom is 0.387 e. The van der Waals surface area contributed by atoms with E-state index < -0.39 is 12.2 Å². The minimum Gasteiger partial charge on any atom is -0.434 e. The molecule has 1 aromatic carbocycles. The molecule has 2 aromatic rings. The summed E-state index contributed by atoms with van der Waals surface area (Å²) in [6, 6.07) is 6.61. The average molecular weight is 298 g/mol. The van der Waals surface area contributed by atoms with Gasteiger partial charge in [0.05, 0.1) is 11.2 Å². The first-order chi connectivity index (χ1) is 9.44. The predicted molar refractivity (Wildman–Crippen MR) is 76.0 cm³/mol. The summed E-state index contributed by atoms with van der Waals surface area (Å²) in [5.41, 5.74) is 6.78. The molecule has 0 saturated heterocycles. The molecule has 0 fully saturated rings. The molecule has 0 bridgehead atoms. The molecule has 1 heterocycles. The smallest absolute Gasteiger partial charge is 0.387 e. The van der Waals surface area contributed by atoms with Crippen LogP contribution < -0.4 is 10.5 Å². The van der Waals surface area contributed by atoms with Crippen molar-refractivity contribution in [3.8, 4) is 17.0 Å². The molecule has 1 unspecified atom stereocenters. The number of ether oxygens (including phenoxy) is 1. The summed E-state index contributed by atoms with van der Waals surface area (Å²) in [6.07, 6.45) is 0.745. The molecule has 0 saturated carbocycles. The lowest BCUT2D eigenvalue weighted by Gasteiger charge is -2.19. The number of benzene rings is 1. The number of hydrogen-bond donors (Lipinski definition) is 1. The van der Waals surface area contributed by atoms with Crippen LogP contribution >= 0.6 is 11.3 Å². The molecule has 0 amide bonds. The molecular formula is C14H16F2N2OS. The van der Waals surface area contributed by atoms with E-state index in [4.69, 9.17) is 5.73 Å². The summed E-state index contributed by atoms with van der Waals surface area (Å²) < 4.78 is 29.3. The number of alkyl halides is 2. The number of nitrogens with two attached hydrogens (primary N) is 1. The van der Waals surface area contributed by atoms with E-state index in [-0.39, 0.29) is 5.75 Å². The van der Waals surface area contributed by atoms with Gasteiger partial charge in [0.15, 0.2) is 0 Å². The van der Waals surface area contributed by atoms with Gasteiger partial charge in [-0.2, -0.15) is 8.78 Å². The Labute approximate surface area is 120 Å². The normalized spacial score (nSPS) is 14.3. The molecule has 3 nitrogen and oxygen atoms in total. The van der Waals surface area contributed by atoms with Gasteiger partial charge < -0.3 is 10.5 Å². The fourth-order valence-corrected chi connectivity index (χ4v) is 2.66. The average Bonchev–Trinajstić information content (AvgIpc) is 2.89. The van der Waals surface area contributed by atoms with Gasteiger partial charge in [0, 0.05) is 10.9 Å². The van der Waals surface area contributed by atoms with Crippen molar-refractivity contribution in [1.82, 2.24) is 4.98 Å². The van der Waals surface area contributed by atoms with E-state index in [9.17, 15) is 8.78 Å². The monoisotopic (exact) mass is 298 g/mol. The van der Waals surface area contributed by atoms with Crippen LogP contribution in [0.3, 0.4) is 0 Å². The Morgan fingerprint density at radius 2 is 2.10 bits per heavy atom. The molecule has 6 heteroatoms. The second-order valence-corrected chi connectivity index (χ2v) is 5.54. The summed E-state index contributed by atoms with van der Waals surface area (Å²) in [5, 5.41) is 2.59. The van der Waals surface area contributed by atoms with Crippen LogP contribution in [0.1, 0.15) is 25.3 Å². The third kappa shape index (κ3) is 3.13. The number of nitrogens with zero attached hydrogens (tertiary/aromatic N) is 1. The Hall–Kier alpha value is -1.53. The fraction of sp³-hybridized carbons (Fsp3) is 0.357. The molecule has 108 valence electrons. The van der Waals surface area contributed by atoms with Crippen LogP contribution in [0.2, 0.25) is 0 Å². The Kier molecular flexibility index (Phi) is 4.35. The van der Waals surface area contributed by atoms with Crippen molar-refractivity contribution in [2.75, 3.05) is 0 Å². The Bertz CT molecular complexity index is 584. The van der Waals surface area contributed by atoms with Crippen LogP contribution in [0.4, 0.5) is 8.78 Å². The molecule has 0 aliphatic carbocycles. The summed E-state index contributed by atoms with van der Waals surface area (Å²) in [4.78, 5) is 4.46. The van der Waals surface area contributed by atoms with Gasteiger partial charge in [0.2, 0.25) is 0 Å². The fourth-order valence-electron chi connectivity index (χ4n) is 1.69. The Morgan fingerprint density at radius 1 is 1.40 bits per heavy atom. The molecule has 0 spiro atoms. The van der Waals surface area contributed by atoms with E-state index in [0.29, 0.717) is 11.3 Å². The van der Waals surface area contributed by atoms with E-state index >= 15 is 0 Å². The van der Waals surface area contributed by atoms with Gasteiger partial charge in [-0.05, 0) is 25.5 Å². The second-order valence-electron chi connectivity index (χ2n) is 4.68. The highest BCUT2D eigenvalue weighted by Gasteiger charge is 2.23. The van der Waals surface area contributed by atoms with Gasteiger partial charge >= 0.3 is 6.61 Å². The van der Waals surface area contributed by atoms with E-state index in [1.54, 1.807) is 18.2 Å². The predicted octanol–water partition coefficient (Wildman–Crippen LogP) is 4.00. The van der Waals surface area contributed by atoms with Gasteiger partial charge in [0.1, 0.15) is 10.8 Å². The van der Waals surface area contributed by atoms with Crippen molar-refractivity contribution in [3.63, 3.8) is 0 Å². The number of hydrogen-bond acceptors (Lipinski definition) is 4. The van der Waals surface area contributed by atoms with Gasteiger partial charge in [-0.15, -0.1) is 11.3 Å². The van der Waals surface area contributed by atoms with Crippen molar-refractivity contribution >= 4 is 11.3 Å². The van der Waals surface area contributed by atoms with Crippen LogP contribution in [0.25, 0.3) is 11.3 Å². The molecular weight excluding hydrogens is 282 g/mol. The van der Waals surface area contributed by atoms with Gasteiger partial charge in [-0.3, -0.25) is 0 Å². The zero-order valence-electron chi connectivity index (χ0n) is 11.3. The van der Waals surface area contributed by atoms with Crippen LogP contribution in [-0.2, 0) is 5.54 Å². The van der Waals surface area contributed by atoms with E-state index in [0.717, 1.165) is 11.4 Å². The van der Waals surface area contributed by atoms with Crippen molar-refractivity contribution in [3.05, 3.63) is 34.7 Å². The third-order valence-electron chi connectivity index (χ3n) is 3.11. The first-order valence-electron chi connectivity index (χ1n) is 6.23. The number of thiazole rings is 1. The maximum absolute atomic E-state index is 12.4. The van der Waals surface area contributed by atoms with E-state index in [2.05, 4.69) is 9.72 Å². The molecule has 1 atom stereocenters. The Morgan fingerprint density at radius 3 is 2.75 bits per heavy atom. The SMILES string of the molecule is CCC(C)(N)c1nc(-c2ccccc2OC(F)F)cs1. The first kappa shape index (κ1) is 14.9. The van der Waals surface area contributed by atoms with Crippen molar-refractivity contribution in [1.29, 1.82) is 0 Å². The molecule has 2 rings (SSSR count). The zero-order valence-corrected chi connectivity index (χ0v) is 12.1. The van der Waals surface area contributed by atoms with Gasteiger partial charge in [-0.1, -0.05) is 19.1 Å². The summed E-state index contributed by atoms with van der Waals surface area (Å²) in [5.74, 6) is 0.120. The molecule has 0 aliphatic heterocycles. The summed E-state index contributed by atoms with van der Waals surface area (Å²) in [7, 11) is 0. The lowest BCUT2D eigenvalue weighted by molar-refractivity contribution is -0.0494. The number of halogens is 2. The second kappa shape index (κ2) is 5.85.